The van der Waals surface area contributed by atoms with Crippen LogP contribution in [0.3, 0.4) is 0 Å². The predicted octanol–water partition coefficient (Wildman–Crippen LogP) is 1.46. The van der Waals surface area contributed by atoms with Crippen LogP contribution in [0.15, 0.2) is 18.5 Å². The second-order valence-corrected chi connectivity index (χ2v) is 3.95. The number of aromatic nitrogens is 3. The maximum Gasteiger partial charge on any atom is 0.151 e. The predicted molar refractivity (Wildman–Crippen MR) is 55.9 cm³/mol. The third-order valence-electron chi connectivity index (χ3n) is 1.80. The van der Waals surface area contributed by atoms with Crippen molar-refractivity contribution in [2.24, 2.45) is 0 Å². The first kappa shape index (κ1) is 10.1. The zero-order valence-corrected chi connectivity index (χ0v) is 8.88. The van der Waals surface area contributed by atoms with E-state index in [0.717, 1.165) is 5.01 Å². The molecule has 15 heavy (non-hydrogen) atoms. The second-order valence-electron chi connectivity index (χ2n) is 2.89. The molecule has 2 heterocycles. The Balaban J connectivity index is 2.33. The lowest BCUT2D eigenvalue weighted by atomic mass is 10.3. The van der Waals surface area contributed by atoms with Crippen molar-refractivity contribution in [1.82, 2.24) is 20.5 Å². The molecule has 1 N–H and O–H groups in total. The van der Waals surface area contributed by atoms with Crippen LogP contribution in [0.4, 0.5) is 4.39 Å². The van der Waals surface area contributed by atoms with Crippen molar-refractivity contribution in [3.63, 3.8) is 0 Å². The van der Waals surface area contributed by atoms with Crippen molar-refractivity contribution in [3.8, 4) is 10.6 Å². The van der Waals surface area contributed by atoms with E-state index < -0.39 is 0 Å². The summed E-state index contributed by atoms with van der Waals surface area (Å²) >= 11 is 1.37. The van der Waals surface area contributed by atoms with E-state index in [0.29, 0.717) is 17.1 Å². The van der Waals surface area contributed by atoms with E-state index in [4.69, 9.17) is 0 Å². The molecule has 0 saturated carbocycles. The van der Waals surface area contributed by atoms with Gasteiger partial charge in [-0.25, -0.2) is 4.39 Å². The molecular formula is C9H9FN4S. The highest BCUT2D eigenvalue weighted by molar-refractivity contribution is 7.14. The summed E-state index contributed by atoms with van der Waals surface area (Å²) in [6.07, 6.45) is 2.71. The van der Waals surface area contributed by atoms with Gasteiger partial charge >= 0.3 is 0 Å². The number of hydrogen-bond donors (Lipinski definition) is 1. The Kier molecular flexibility index (Phi) is 2.98. The molecule has 0 bridgehead atoms. The Labute approximate surface area is 90.2 Å². The van der Waals surface area contributed by atoms with Gasteiger partial charge in [-0.3, -0.25) is 4.98 Å². The van der Waals surface area contributed by atoms with Crippen molar-refractivity contribution in [3.05, 3.63) is 29.3 Å². The molecule has 0 aliphatic carbocycles. The summed E-state index contributed by atoms with van der Waals surface area (Å²) in [6, 6.07) is 1.60. The third kappa shape index (κ3) is 2.16. The monoisotopic (exact) mass is 224 g/mol. The Morgan fingerprint density at radius 2 is 2.33 bits per heavy atom. The lowest BCUT2D eigenvalue weighted by Crippen LogP contribution is -2.04. The molecule has 2 rings (SSSR count). The lowest BCUT2D eigenvalue weighted by molar-refractivity contribution is 0.624. The lowest BCUT2D eigenvalue weighted by Gasteiger charge is -1.95. The van der Waals surface area contributed by atoms with E-state index in [1.807, 2.05) is 7.05 Å². The molecule has 78 valence electrons. The van der Waals surface area contributed by atoms with Crippen LogP contribution in [0.5, 0.6) is 0 Å². The van der Waals surface area contributed by atoms with Crippen LogP contribution < -0.4 is 5.32 Å². The molecule has 0 saturated heterocycles. The van der Waals surface area contributed by atoms with Crippen molar-refractivity contribution >= 4 is 11.3 Å². The fourth-order valence-electron chi connectivity index (χ4n) is 1.13. The van der Waals surface area contributed by atoms with Gasteiger partial charge in [0.25, 0.3) is 0 Å². The molecule has 2 aromatic heterocycles. The minimum Gasteiger partial charge on any atom is -0.313 e. The Morgan fingerprint density at radius 1 is 1.47 bits per heavy atom. The molecule has 4 nitrogen and oxygen atoms in total. The van der Waals surface area contributed by atoms with E-state index in [-0.39, 0.29) is 5.82 Å². The number of hydrogen-bond acceptors (Lipinski definition) is 5. The van der Waals surface area contributed by atoms with Gasteiger partial charge in [-0.05, 0) is 13.1 Å². The molecule has 0 radical (unpaired) electrons. The van der Waals surface area contributed by atoms with E-state index in [1.165, 1.54) is 23.7 Å². The smallest absolute Gasteiger partial charge is 0.151 e. The molecule has 0 unspecified atom stereocenters. The highest BCUT2D eigenvalue weighted by Gasteiger charge is 2.10. The van der Waals surface area contributed by atoms with E-state index in [2.05, 4.69) is 20.5 Å². The summed E-state index contributed by atoms with van der Waals surface area (Å²) in [7, 11) is 1.83. The fraction of sp³-hybridized carbons (Fsp3) is 0.222. The highest BCUT2D eigenvalue weighted by atomic mass is 32.1. The van der Waals surface area contributed by atoms with Gasteiger partial charge in [0.1, 0.15) is 5.01 Å². The molecule has 0 spiro atoms. The van der Waals surface area contributed by atoms with Crippen molar-refractivity contribution in [2.75, 3.05) is 7.05 Å². The Hall–Kier alpha value is -1.40. The van der Waals surface area contributed by atoms with E-state index in [9.17, 15) is 4.39 Å². The van der Waals surface area contributed by atoms with E-state index in [1.54, 1.807) is 6.07 Å². The minimum atomic E-state index is -0.371. The summed E-state index contributed by atoms with van der Waals surface area (Å²) < 4.78 is 13.3. The first-order chi connectivity index (χ1) is 7.31. The van der Waals surface area contributed by atoms with Gasteiger partial charge in [0.15, 0.2) is 10.8 Å². The molecule has 0 aromatic carbocycles. The van der Waals surface area contributed by atoms with Crippen LogP contribution in [0.2, 0.25) is 0 Å². The van der Waals surface area contributed by atoms with E-state index >= 15 is 0 Å². The van der Waals surface area contributed by atoms with Crippen LogP contribution in [0, 0.1) is 5.82 Å². The fourth-order valence-corrected chi connectivity index (χ4v) is 2.01. The van der Waals surface area contributed by atoms with Crippen molar-refractivity contribution in [1.29, 1.82) is 0 Å². The molecule has 0 aliphatic rings. The van der Waals surface area contributed by atoms with Gasteiger partial charge in [0, 0.05) is 12.7 Å². The highest BCUT2D eigenvalue weighted by Crippen LogP contribution is 2.24. The summed E-state index contributed by atoms with van der Waals surface area (Å²) in [5.41, 5.74) is 0.449. The summed E-state index contributed by atoms with van der Waals surface area (Å²) in [5.74, 6) is -0.371. The molecule has 2 aromatic rings. The van der Waals surface area contributed by atoms with Crippen LogP contribution in [0.1, 0.15) is 5.01 Å². The van der Waals surface area contributed by atoms with Crippen LogP contribution in [0.25, 0.3) is 10.6 Å². The summed E-state index contributed by atoms with van der Waals surface area (Å²) in [4.78, 5) is 3.68. The maximum absolute atomic E-state index is 13.3. The topological polar surface area (TPSA) is 50.7 Å². The quantitative estimate of drug-likeness (QED) is 0.857. The molecule has 0 fully saturated rings. The first-order valence-electron chi connectivity index (χ1n) is 4.38. The average Bonchev–Trinajstić information content (AvgIpc) is 2.68. The number of halogens is 1. The van der Waals surface area contributed by atoms with Gasteiger partial charge in [-0.15, -0.1) is 10.2 Å². The zero-order chi connectivity index (χ0) is 10.7. The van der Waals surface area contributed by atoms with Crippen molar-refractivity contribution in [2.45, 2.75) is 6.54 Å². The third-order valence-corrected chi connectivity index (χ3v) is 2.75. The molecule has 0 amide bonds. The van der Waals surface area contributed by atoms with Gasteiger partial charge in [-0.1, -0.05) is 11.3 Å². The number of nitrogens with zero attached hydrogens (tertiary/aromatic N) is 3. The minimum absolute atomic E-state index is 0.371. The zero-order valence-electron chi connectivity index (χ0n) is 8.07. The SMILES string of the molecule is CNCc1nnc(-c2ccncc2F)s1. The first-order valence-corrected chi connectivity index (χ1v) is 5.20. The Bertz CT molecular complexity index is 457. The van der Waals surface area contributed by atoms with Crippen LogP contribution in [-0.4, -0.2) is 22.2 Å². The number of pyridine rings is 1. The second kappa shape index (κ2) is 4.41. The molecule has 6 heteroatoms. The summed E-state index contributed by atoms with van der Waals surface area (Å²) in [6.45, 7) is 0.643. The van der Waals surface area contributed by atoms with Crippen LogP contribution >= 0.6 is 11.3 Å². The van der Waals surface area contributed by atoms with Gasteiger partial charge in [0.05, 0.1) is 11.8 Å². The largest absolute Gasteiger partial charge is 0.313 e. The number of nitrogens with one attached hydrogen (secondary N) is 1. The summed E-state index contributed by atoms with van der Waals surface area (Å²) in [5, 5.41) is 12.3. The van der Waals surface area contributed by atoms with Crippen molar-refractivity contribution < 1.29 is 4.39 Å². The van der Waals surface area contributed by atoms with Crippen LogP contribution in [-0.2, 0) is 6.54 Å². The Morgan fingerprint density at radius 3 is 3.07 bits per heavy atom. The average molecular weight is 224 g/mol. The van der Waals surface area contributed by atoms with Gasteiger partial charge in [0.2, 0.25) is 0 Å². The maximum atomic E-state index is 13.3. The molecular weight excluding hydrogens is 215 g/mol. The number of rotatable bonds is 3. The standard InChI is InChI=1S/C9H9FN4S/c1-11-5-8-13-14-9(15-8)6-2-3-12-4-7(6)10/h2-4,11H,5H2,1H3. The molecule has 0 atom stereocenters. The van der Waals surface area contributed by atoms with Gasteiger partial charge in [-0.2, -0.15) is 0 Å². The normalized spacial score (nSPS) is 10.5. The van der Waals surface area contributed by atoms with Gasteiger partial charge < -0.3 is 5.32 Å². The molecule has 0 aliphatic heterocycles.